The van der Waals surface area contributed by atoms with Crippen LogP contribution in [-0.2, 0) is 14.2 Å². The van der Waals surface area contributed by atoms with Gasteiger partial charge in [-0.3, -0.25) is 4.79 Å². The van der Waals surface area contributed by atoms with Crippen molar-refractivity contribution in [2.24, 2.45) is 0 Å². The van der Waals surface area contributed by atoms with Gasteiger partial charge in [-0.1, -0.05) is 0 Å². The number of methoxy groups -OCH3 is 2. The third kappa shape index (κ3) is 6.28. The Bertz CT molecular complexity index is 1310. The number of aromatic hydroxyl groups is 2. The second kappa shape index (κ2) is 11.3. The van der Waals surface area contributed by atoms with Crippen molar-refractivity contribution in [3.8, 4) is 23.0 Å². The van der Waals surface area contributed by atoms with Gasteiger partial charge in [0, 0.05) is 6.07 Å². The number of hydrogen-bond acceptors (Lipinski definition) is 10. The minimum Gasteiger partial charge on any atom is -0.508 e. The van der Waals surface area contributed by atoms with Crippen molar-refractivity contribution in [3.63, 3.8) is 0 Å². The number of benzene rings is 2. The molecule has 2 aromatic carbocycles. The van der Waals surface area contributed by atoms with Crippen LogP contribution >= 0.6 is 0 Å². The molecule has 0 radical (unpaired) electrons. The Morgan fingerprint density at radius 1 is 0.889 bits per heavy atom. The number of furan rings is 1. The molecule has 10 heteroatoms. The quantitative estimate of drug-likeness (QED) is 0.297. The van der Waals surface area contributed by atoms with Crippen molar-refractivity contribution < 1.29 is 42.7 Å². The molecule has 2 saturated heterocycles. The number of epoxide rings is 2. The highest BCUT2D eigenvalue weighted by Crippen LogP contribution is 2.41. The lowest BCUT2D eigenvalue weighted by atomic mass is 10.1. The van der Waals surface area contributed by atoms with Gasteiger partial charge in [-0.05, 0) is 37.3 Å². The first-order chi connectivity index (χ1) is 17.4. The van der Waals surface area contributed by atoms with Crippen molar-refractivity contribution in [1.29, 1.82) is 0 Å². The van der Waals surface area contributed by atoms with Gasteiger partial charge in [0.1, 0.15) is 40.6 Å². The molecule has 36 heavy (non-hydrogen) atoms. The largest absolute Gasteiger partial charge is 0.508 e. The van der Waals surface area contributed by atoms with Crippen molar-refractivity contribution in [1.82, 2.24) is 0 Å². The predicted molar refractivity (Wildman–Crippen MR) is 130 cm³/mol. The van der Waals surface area contributed by atoms with Gasteiger partial charge in [-0.25, -0.2) is 0 Å². The van der Waals surface area contributed by atoms with E-state index in [0.29, 0.717) is 51.4 Å². The summed E-state index contributed by atoms with van der Waals surface area (Å²) < 4.78 is 36.8. The molecule has 0 bridgehead atoms. The Balaban J connectivity index is 0.000000148. The molecule has 2 aliphatic heterocycles. The number of phenolic OH excluding ortho intramolecular Hbond substituents is 2. The lowest BCUT2D eigenvalue weighted by molar-refractivity contribution is 0.102. The maximum absolute atomic E-state index is 12.2. The standard InChI is InChI=1S/C14H12O5.C6H10O3.C6H6O2/c1-7-6-9(15)10-11(16-2)8-4-5-18-12(8)14(17-3)13(10)19-7;1(5-3-8-5)7-2-6-4-9-6;7-5-1-2-6(8)4-3-5/h4-6H,1-3H3;5-6H,1-4H2;1-4,7-8H. The molecule has 2 atom stereocenters. The van der Waals surface area contributed by atoms with Gasteiger partial charge in [0.05, 0.1) is 52.3 Å². The van der Waals surface area contributed by atoms with Gasteiger partial charge in [0.2, 0.25) is 5.75 Å². The molecule has 6 rings (SSSR count). The zero-order valence-electron chi connectivity index (χ0n) is 20.2. The van der Waals surface area contributed by atoms with Crippen LogP contribution in [0.3, 0.4) is 0 Å². The minimum atomic E-state index is -0.169. The number of rotatable bonds is 6. The van der Waals surface area contributed by atoms with Gasteiger partial charge >= 0.3 is 0 Å². The average Bonchev–Trinajstić information content (AvgIpc) is 3.80. The van der Waals surface area contributed by atoms with Crippen LogP contribution in [0.1, 0.15) is 5.76 Å². The maximum Gasteiger partial charge on any atom is 0.206 e. The number of hydrogen-bond donors (Lipinski definition) is 2. The zero-order valence-corrected chi connectivity index (χ0v) is 20.2. The fourth-order valence-electron chi connectivity index (χ4n) is 3.40. The van der Waals surface area contributed by atoms with Crippen molar-refractivity contribution in [2.75, 3.05) is 40.6 Å². The van der Waals surface area contributed by atoms with E-state index in [1.54, 1.807) is 13.0 Å². The Kier molecular flexibility index (Phi) is 7.99. The first kappa shape index (κ1) is 25.4. The van der Waals surface area contributed by atoms with E-state index in [4.69, 9.17) is 42.7 Å². The Morgan fingerprint density at radius 3 is 1.94 bits per heavy atom. The summed E-state index contributed by atoms with van der Waals surface area (Å²) in [6.07, 6.45) is 2.30. The molecule has 2 aliphatic rings. The third-order valence-corrected chi connectivity index (χ3v) is 5.29. The molecule has 2 aromatic heterocycles. The van der Waals surface area contributed by atoms with Gasteiger partial charge in [-0.2, -0.15) is 0 Å². The first-order valence-corrected chi connectivity index (χ1v) is 11.3. The van der Waals surface area contributed by atoms with Gasteiger partial charge < -0.3 is 42.7 Å². The van der Waals surface area contributed by atoms with Crippen LogP contribution < -0.4 is 14.9 Å². The monoisotopic (exact) mass is 500 g/mol. The lowest BCUT2D eigenvalue weighted by Gasteiger charge is -2.10. The lowest BCUT2D eigenvalue weighted by Crippen LogP contribution is -2.06. The Morgan fingerprint density at radius 2 is 1.44 bits per heavy atom. The summed E-state index contributed by atoms with van der Waals surface area (Å²) >= 11 is 0. The molecule has 192 valence electrons. The summed E-state index contributed by atoms with van der Waals surface area (Å²) in [7, 11) is 3.01. The topological polar surface area (TPSA) is 137 Å². The van der Waals surface area contributed by atoms with Crippen LogP contribution in [0, 0.1) is 6.92 Å². The van der Waals surface area contributed by atoms with E-state index < -0.39 is 0 Å². The number of ether oxygens (including phenoxy) is 5. The van der Waals surface area contributed by atoms with E-state index in [9.17, 15) is 4.79 Å². The number of aryl methyl sites for hydroxylation is 1. The maximum atomic E-state index is 12.2. The summed E-state index contributed by atoms with van der Waals surface area (Å²) in [5, 5.41) is 18.3. The molecule has 10 nitrogen and oxygen atoms in total. The van der Waals surface area contributed by atoms with Crippen LogP contribution in [0.2, 0.25) is 0 Å². The second-order valence-corrected chi connectivity index (χ2v) is 8.12. The normalized spacial score (nSPS) is 17.5. The molecule has 0 spiro atoms. The minimum absolute atomic E-state index is 0.169. The molecule has 4 heterocycles. The van der Waals surface area contributed by atoms with Gasteiger partial charge in [0.15, 0.2) is 16.6 Å². The van der Waals surface area contributed by atoms with Gasteiger partial charge in [-0.15, -0.1) is 0 Å². The number of phenols is 2. The van der Waals surface area contributed by atoms with E-state index >= 15 is 0 Å². The molecule has 2 N–H and O–H groups in total. The zero-order chi connectivity index (χ0) is 25.7. The highest BCUT2D eigenvalue weighted by molar-refractivity contribution is 6.06. The summed E-state index contributed by atoms with van der Waals surface area (Å²) in [5.74, 6) is 1.68. The Hall–Kier alpha value is -3.73. The summed E-state index contributed by atoms with van der Waals surface area (Å²) in [6, 6.07) is 8.86. The van der Waals surface area contributed by atoms with Crippen molar-refractivity contribution in [2.45, 2.75) is 19.1 Å². The van der Waals surface area contributed by atoms with Crippen molar-refractivity contribution in [3.05, 3.63) is 58.6 Å². The van der Waals surface area contributed by atoms with Crippen LogP contribution in [0.5, 0.6) is 23.0 Å². The van der Waals surface area contributed by atoms with Gasteiger partial charge in [0.25, 0.3) is 0 Å². The van der Waals surface area contributed by atoms with Crippen LogP contribution in [0.15, 0.2) is 56.3 Å². The van der Waals surface area contributed by atoms with E-state index in [2.05, 4.69) is 0 Å². The van der Waals surface area contributed by atoms with E-state index in [1.165, 1.54) is 50.8 Å². The molecule has 2 unspecified atom stereocenters. The van der Waals surface area contributed by atoms with E-state index in [-0.39, 0.29) is 16.9 Å². The van der Waals surface area contributed by atoms with Crippen LogP contribution in [0.25, 0.3) is 21.9 Å². The highest BCUT2D eigenvalue weighted by Gasteiger charge is 2.26. The molecule has 4 aromatic rings. The molecule has 0 amide bonds. The average molecular weight is 501 g/mol. The first-order valence-electron chi connectivity index (χ1n) is 11.3. The van der Waals surface area contributed by atoms with Crippen LogP contribution in [-0.4, -0.2) is 63.1 Å². The third-order valence-electron chi connectivity index (χ3n) is 5.29. The predicted octanol–water partition coefficient (Wildman–Crippen LogP) is 3.76. The molecule has 2 fully saturated rings. The molecule has 0 aliphatic carbocycles. The fourth-order valence-corrected chi connectivity index (χ4v) is 3.40. The Labute approximate surface area is 206 Å². The van der Waals surface area contributed by atoms with Crippen LogP contribution in [0.4, 0.5) is 0 Å². The van der Waals surface area contributed by atoms with Crippen molar-refractivity contribution >= 4 is 21.9 Å². The highest BCUT2D eigenvalue weighted by atomic mass is 16.6. The number of fused-ring (bicyclic) bond motifs is 2. The second-order valence-electron chi connectivity index (χ2n) is 8.12. The fraction of sp³-hybridized carbons (Fsp3) is 0.346. The van der Waals surface area contributed by atoms with E-state index in [0.717, 1.165) is 26.4 Å². The molecule has 0 saturated carbocycles. The summed E-state index contributed by atoms with van der Waals surface area (Å²) in [4.78, 5) is 12.2. The SMILES string of the molecule is C(OCC1CO1)C1CO1.COc1c2occc2c(OC)c2c(=O)cc(C)oc12.Oc1ccc(O)cc1. The summed E-state index contributed by atoms with van der Waals surface area (Å²) in [6.45, 7) is 4.97. The molecular weight excluding hydrogens is 472 g/mol. The smallest absolute Gasteiger partial charge is 0.206 e. The summed E-state index contributed by atoms with van der Waals surface area (Å²) in [5.41, 5.74) is 0.671. The molecular formula is C26H28O10. The van der Waals surface area contributed by atoms with E-state index in [1.807, 2.05) is 0 Å².